The van der Waals surface area contributed by atoms with Crippen molar-refractivity contribution in [3.63, 3.8) is 0 Å². The smallest absolute Gasteiger partial charge is 0.157 e. The average molecular weight is 266 g/mol. The summed E-state index contributed by atoms with van der Waals surface area (Å²) in [7, 11) is 0. The first-order valence-corrected chi connectivity index (χ1v) is 6.49. The Labute approximate surface area is 109 Å². The lowest BCUT2D eigenvalue weighted by Gasteiger charge is -2.25. The number of hydrogen-bond acceptors (Lipinski definition) is 4. The molecule has 0 aliphatic rings. The van der Waals surface area contributed by atoms with Crippen molar-refractivity contribution in [3.8, 4) is 0 Å². The van der Waals surface area contributed by atoms with Crippen LogP contribution >= 0.6 is 0 Å². The van der Waals surface area contributed by atoms with Crippen molar-refractivity contribution in [2.45, 2.75) is 45.4 Å². The molecule has 0 fully saturated rings. The van der Waals surface area contributed by atoms with Crippen LogP contribution in [0.5, 0.6) is 0 Å². The van der Waals surface area contributed by atoms with Crippen LogP contribution in [-0.4, -0.2) is 53.5 Å². The maximum atomic E-state index is 14.1. The monoisotopic (exact) mass is 266 g/mol. The van der Waals surface area contributed by atoms with Gasteiger partial charge in [-0.3, -0.25) is 0 Å². The first-order chi connectivity index (χ1) is 8.33. The van der Waals surface area contributed by atoms with Crippen molar-refractivity contribution >= 4 is 0 Å². The quantitative estimate of drug-likeness (QED) is 0.554. The Hall–Kier alpha value is -0.230. The van der Waals surface area contributed by atoms with Crippen molar-refractivity contribution in [2.24, 2.45) is 11.8 Å². The number of halogens is 1. The Morgan fingerprint density at radius 3 is 2.28 bits per heavy atom. The fourth-order valence-corrected chi connectivity index (χ4v) is 1.95. The molecular formula is C13H27FO4. The Bertz CT molecular complexity index is 213. The van der Waals surface area contributed by atoms with E-state index in [9.17, 15) is 9.50 Å². The van der Waals surface area contributed by atoms with Gasteiger partial charge in [0.2, 0.25) is 0 Å². The summed E-state index contributed by atoms with van der Waals surface area (Å²) in [5.74, 6) is 0.188. The van der Waals surface area contributed by atoms with E-state index in [1.165, 1.54) is 0 Å². The van der Waals surface area contributed by atoms with Gasteiger partial charge in [-0.1, -0.05) is 20.8 Å². The van der Waals surface area contributed by atoms with Crippen molar-refractivity contribution in [3.05, 3.63) is 0 Å². The van der Waals surface area contributed by atoms with E-state index in [1.54, 1.807) is 0 Å². The van der Waals surface area contributed by atoms with Gasteiger partial charge in [-0.05, 0) is 24.7 Å². The van der Waals surface area contributed by atoms with Crippen LogP contribution in [0, 0.1) is 11.8 Å². The molecule has 5 heteroatoms. The molecule has 0 aromatic heterocycles. The van der Waals surface area contributed by atoms with Gasteiger partial charge in [0.15, 0.2) is 5.67 Å². The topological polar surface area (TPSA) is 69.9 Å². The molecule has 0 rings (SSSR count). The molecule has 0 aliphatic heterocycles. The van der Waals surface area contributed by atoms with Crippen molar-refractivity contribution in [2.75, 3.05) is 26.4 Å². The number of ether oxygens (including phenoxy) is 1. The van der Waals surface area contributed by atoms with Crippen LogP contribution in [0.4, 0.5) is 4.39 Å². The molecule has 0 aromatic rings. The molecule has 0 aliphatic carbocycles. The molecule has 0 bridgehead atoms. The van der Waals surface area contributed by atoms with Crippen LogP contribution in [-0.2, 0) is 4.74 Å². The molecule has 110 valence electrons. The summed E-state index contributed by atoms with van der Waals surface area (Å²) >= 11 is 0. The maximum absolute atomic E-state index is 14.1. The highest BCUT2D eigenvalue weighted by Crippen LogP contribution is 2.22. The molecule has 0 amide bonds. The standard InChI is InChI=1S/C13H27FO4/c1-10(2)5-13(14,8-16)9-18-7-11(3)4-12(17)6-15/h10-12,15-17H,4-9H2,1-3H3. The molecule has 0 radical (unpaired) electrons. The summed E-state index contributed by atoms with van der Waals surface area (Å²) < 4.78 is 19.4. The SMILES string of the molecule is CC(C)CC(F)(CO)COCC(C)CC(O)CO. The zero-order valence-corrected chi connectivity index (χ0v) is 11.6. The van der Waals surface area contributed by atoms with E-state index in [-0.39, 0.29) is 31.5 Å². The first kappa shape index (κ1) is 17.8. The van der Waals surface area contributed by atoms with Crippen molar-refractivity contribution in [1.29, 1.82) is 0 Å². The highest BCUT2D eigenvalue weighted by atomic mass is 19.1. The van der Waals surface area contributed by atoms with Gasteiger partial charge in [-0.2, -0.15) is 0 Å². The van der Waals surface area contributed by atoms with Crippen LogP contribution in [0.25, 0.3) is 0 Å². The second-order valence-electron chi connectivity index (χ2n) is 5.60. The molecule has 0 saturated carbocycles. The molecule has 4 nitrogen and oxygen atoms in total. The van der Waals surface area contributed by atoms with Crippen LogP contribution < -0.4 is 0 Å². The zero-order chi connectivity index (χ0) is 14.2. The van der Waals surface area contributed by atoms with E-state index < -0.39 is 18.4 Å². The summed E-state index contributed by atoms with van der Waals surface area (Å²) in [6.07, 6.45) is -0.0804. The van der Waals surface area contributed by atoms with Crippen LogP contribution in [0.15, 0.2) is 0 Å². The number of alkyl halides is 1. The highest BCUT2D eigenvalue weighted by molar-refractivity contribution is 4.79. The second kappa shape index (κ2) is 8.80. The first-order valence-electron chi connectivity index (χ1n) is 6.49. The minimum Gasteiger partial charge on any atom is -0.394 e. The lowest BCUT2D eigenvalue weighted by Crippen LogP contribution is -2.36. The van der Waals surface area contributed by atoms with Gasteiger partial charge in [-0.15, -0.1) is 0 Å². The summed E-state index contributed by atoms with van der Waals surface area (Å²) in [6, 6.07) is 0. The van der Waals surface area contributed by atoms with Gasteiger partial charge in [0.25, 0.3) is 0 Å². The third-order valence-corrected chi connectivity index (χ3v) is 2.71. The predicted molar refractivity (Wildman–Crippen MR) is 68.1 cm³/mol. The molecule has 0 heterocycles. The molecule has 3 N–H and O–H groups in total. The molecule has 0 saturated heterocycles. The van der Waals surface area contributed by atoms with E-state index in [1.807, 2.05) is 20.8 Å². The molecule has 0 aromatic carbocycles. The van der Waals surface area contributed by atoms with Gasteiger partial charge < -0.3 is 20.1 Å². The zero-order valence-electron chi connectivity index (χ0n) is 11.6. The van der Waals surface area contributed by atoms with Crippen LogP contribution in [0.3, 0.4) is 0 Å². The molecule has 0 spiro atoms. The van der Waals surface area contributed by atoms with Crippen molar-refractivity contribution in [1.82, 2.24) is 0 Å². The second-order valence-corrected chi connectivity index (χ2v) is 5.60. The average Bonchev–Trinajstić information content (AvgIpc) is 2.27. The van der Waals surface area contributed by atoms with E-state index in [2.05, 4.69) is 0 Å². The minimum absolute atomic E-state index is 0.0362. The van der Waals surface area contributed by atoms with Gasteiger partial charge in [-0.25, -0.2) is 4.39 Å². The van der Waals surface area contributed by atoms with Gasteiger partial charge >= 0.3 is 0 Å². The Morgan fingerprint density at radius 2 is 1.83 bits per heavy atom. The van der Waals surface area contributed by atoms with Gasteiger partial charge in [0.05, 0.1) is 25.9 Å². The Kier molecular flexibility index (Phi) is 8.69. The summed E-state index contributed by atoms with van der Waals surface area (Å²) in [5, 5.41) is 27.0. The molecule has 3 unspecified atom stereocenters. The largest absolute Gasteiger partial charge is 0.394 e. The lowest BCUT2D eigenvalue weighted by molar-refractivity contribution is -0.0433. The highest BCUT2D eigenvalue weighted by Gasteiger charge is 2.30. The number of aliphatic hydroxyl groups is 3. The van der Waals surface area contributed by atoms with Crippen molar-refractivity contribution < 1.29 is 24.4 Å². The third kappa shape index (κ3) is 7.97. The number of rotatable bonds is 10. The predicted octanol–water partition coefficient (Wildman–Crippen LogP) is 1.13. The third-order valence-electron chi connectivity index (χ3n) is 2.71. The summed E-state index contributed by atoms with van der Waals surface area (Å²) in [5.41, 5.74) is -1.69. The van der Waals surface area contributed by atoms with Gasteiger partial charge in [0, 0.05) is 6.61 Å². The van der Waals surface area contributed by atoms with Crippen LogP contribution in [0.2, 0.25) is 0 Å². The molecular weight excluding hydrogens is 239 g/mol. The van der Waals surface area contributed by atoms with E-state index in [4.69, 9.17) is 14.9 Å². The fraction of sp³-hybridized carbons (Fsp3) is 1.00. The molecule has 3 atom stereocenters. The molecule has 18 heavy (non-hydrogen) atoms. The number of hydrogen-bond donors (Lipinski definition) is 3. The lowest BCUT2D eigenvalue weighted by atomic mass is 9.95. The summed E-state index contributed by atoms with van der Waals surface area (Å²) in [4.78, 5) is 0. The maximum Gasteiger partial charge on any atom is 0.157 e. The number of aliphatic hydroxyl groups excluding tert-OH is 3. The Balaban J connectivity index is 3.92. The normalized spacial score (nSPS) is 18.7. The van der Waals surface area contributed by atoms with E-state index in [0.717, 1.165) is 0 Å². The Morgan fingerprint density at radius 1 is 1.22 bits per heavy atom. The van der Waals surface area contributed by atoms with E-state index in [0.29, 0.717) is 13.0 Å². The minimum atomic E-state index is -1.69. The van der Waals surface area contributed by atoms with Crippen LogP contribution in [0.1, 0.15) is 33.6 Å². The fourth-order valence-electron chi connectivity index (χ4n) is 1.95. The van der Waals surface area contributed by atoms with E-state index >= 15 is 0 Å². The van der Waals surface area contributed by atoms with Gasteiger partial charge in [0.1, 0.15) is 0 Å². The summed E-state index contributed by atoms with van der Waals surface area (Å²) in [6.45, 7) is 5.00.